The molecule has 1 aliphatic carbocycles. The molecule has 82 valence electrons. The second kappa shape index (κ2) is 3.70. The maximum absolute atomic E-state index is 5.97. The molecule has 1 aromatic carbocycles. The van der Waals surface area contributed by atoms with Gasteiger partial charge in [0.15, 0.2) is 0 Å². The Balaban J connectivity index is 2.26. The second-order valence-corrected chi connectivity index (χ2v) is 4.86. The predicted octanol–water partition coefficient (Wildman–Crippen LogP) is 3.86. The van der Waals surface area contributed by atoms with Crippen LogP contribution in [0.15, 0.2) is 18.2 Å². The van der Waals surface area contributed by atoms with E-state index in [2.05, 4.69) is 29.0 Å². The number of aromatic nitrogens is 2. The van der Waals surface area contributed by atoms with E-state index in [1.807, 2.05) is 6.07 Å². The first-order valence-corrected chi connectivity index (χ1v) is 6.05. The van der Waals surface area contributed by atoms with E-state index in [9.17, 15) is 0 Å². The van der Waals surface area contributed by atoms with Crippen molar-refractivity contribution in [1.29, 1.82) is 0 Å². The molecule has 0 bridgehead atoms. The van der Waals surface area contributed by atoms with E-state index >= 15 is 0 Å². The minimum Gasteiger partial charge on any atom is -0.222 e. The SMILES string of the molecule is Cc1ccc2nc(Cl)nc(C3CCC3)c2c1. The van der Waals surface area contributed by atoms with Gasteiger partial charge in [0.1, 0.15) is 0 Å². The monoisotopic (exact) mass is 232 g/mol. The van der Waals surface area contributed by atoms with Crippen LogP contribution in [0.1, 0.15) is 36.4 Å². The third kappa shape index (κ3) is 1.57. The van der Waals surface area contributed by atoms with E-state index in [0.29, 0.717) is 11.2 Å². The van der Waals surface area contributed by atoms with Gasteiger partial charge in [-0.3, -0.25) is 0 Å². The minimum atomic E-state index is 0.373. The highest BCUT2D eigenvalue weighted by Crippen LogP contribution is 2.38. The molecule has 1 aliphatic rings. The van der Waals surface area contributed by atoms with Crippen molar-refractivity contribution in [1.82, 2.24) is 9.97 Å². The average molecular weight is 233 g/mol. The molecular weight excluding hydrogens is 220 g/mol. The molecular formula is C13H13ClN2. The molecule has 16 heavy (non-hydrogen) atoms. The highest BCUT2D eigenvalue weighted by Gasteiger charge is 2.23. The summed E-state index contributed by atoms with van der Waals surface area (Å²) >= 11 is 5.97. The van der Waals surface area contributed by atoms with Crippen LogP contribution in [0.2, 0.25) is 5.28 Å². The highest BCUT2D eigenvalue weighted by molar-refractivity contribution is 6.28. The van der Waals surface area contributed by atoms with E-state index in [1.165, 1.54) is 30.2 Å². The van der Waals surface area contributed by atoms with Crippen LogP contribution in [0.25, 0.3) is 10.9 Å². The average Bonchev–Trinajstić information content (AvgIpc) is 2.16. The molecule has 1 fully saturated rings. The third-order valence-corrected chi connectivity index (χ3v) is 3.51. The maximum Gasteiger partial charge on any atom is 0.223 e. The fourth-order valence-electron chi connectivity index (χ4n) is 2.23. The number of hydrogen-bond donors (Lipinski definition) is 0. The molecule has 0 amide bonds. The number of rotatable bonds is 1. The molecule has 0 N–H and O–H groups in total. The van der Waals surface area contributed by atoms with E-state index in [-0.39, 0.29) is 0 Å². The summed E-state index contributed by atoms with van der Waals surface area (Å²) in [5, 5.41) is 1.55. The number of aryl methyl sites for hydroxylation is 1. The largest absolute Gasteiger partial charge is 0.223 e. The summed E-state index contributed by atoms with van der Waals surface area (Å²) in [5.41, 5.74) is 3.36. The summed E-state index contributed by atoms with van der Waals surface area (Å²) in [6.07, 6.45) is 3.77. The van der Waals surface area contributed by atoms with Crippen LogP contribution in [0.5, 0.6) is 0 Å². The summed E-state index contributed by atoms with van der Waals surface area (Å²) in [6.45, 7) is 2.10. The molecule has 0 radical (unpaired) electrons. The fourth-order valence-corrected chi connectivity index (χ4v) is 2.41. The quantitative estimate of drug-likeness (QED) is 0.698. The molecule has 2 nitrogen and oxygen atoms in total. The molecule has 0 saturated heterocycles. The lowest BCUT2D eigenvalue weighted by Crippen LogP contribution is -2.11. The zero-order valence-electron chi connectivity index (χ0n) is 9.20. The number of fused-ring (bicyclic) bond motifs is 1. The predicted molar refractivity (Wildman–Crippen MR) is 65.9 cm³/mol. The van der Waals surface area contributed by atoms with E-state index in [0.717, 1.165) is 11.2 Å². The van der Waals surface area contributed by atoms with Gasteiger partial charge in [-0.2, -0.15) is 0 Å². The Morgan fingerprint density at radius 2 is 2.06 bits per heavy atom. The van der Waals surface area contributed by atoms with Gasteiger partial charge in [0.2, 0.25) is 5.28 Å². The molecule has 1 saturated carbocycles. The van der Waals surface area contributed by atoms with Gasteiger partial charge in [-0.15, -0.1) is 0 Å². The van der Waals surface area contributed by atoms with Crippen LogP contribution < -0.4 is 0 Å². The Labute approximate surface area is 99.7 Å². The summed E-state index contributed by atoms with van der Waals surface area (Å²) < 4.78 is 0. The van der Waals surface area contributed by atoms with E-state index in [4.69, 9.17) is 11.6 Å². The highest BCUT2D eigenvalue weighted by atomic mass is 35.5. The Kier molecular flexibility index (Phi) is 2.32. The number of benzene rings is 1. The van der Waals surface area contributed by atoms with Crippen molar-refractivity contribution < 1.29 is 0 Å². The normalized spacial score (nSPS) is 16.4. The van der Waals surface area contributed by atoms with Crippen molar-refractivity contribution in [2.24, 2.45) is 0 Å². The van der Waals surface area contributed by atoms with Crippen molar-refractivity contribution in [2.45, 2.75) is 32.1 Å². The van der Waals surface area contributed by atoms with Gasteiger partial charge < -0.3 is 0 Å². The molecule has 0 spiro atoms. The van der Waals surface area contributed by atoms with Crippen LogP contribution in [0.4, 0.5) is 0 Å². The smallest absolute Gasteiger partial charge is 0.222 e. The lowest BCUT2D eigenvalue weighted by molar-refractivity contribution is 0.413. The van der Waals surface area contributed by atoms with Crippen LogP contribution in [-0.4, -0.2) is 9.97 Å². The molecule has 0 unspecified atom stereocenters. The van der Waals surface area contributed by atoms with Crippen molar-refractivity contribution in [2.75, 3.05) is 0 Å². The molecule has 3 rings (SSSR count). The Bertz CT molecular complexity index is 547. The lowest BCUT2D eigenvalue weighted by Gasteiger charge is -2.25. The Morgan fingerprint density at radius 1 is 1.25 bits per heavy atom. The first-order valence-electron chi connectivity index (χ1n) is 5.68. The van der Waals surface area contributed by atoms with E-state index in [1.54, 1.807) is 0 Å². The van der Waals surface area contributed by atoms with Crippen molar-refractivity contribution in [3.63, 3.8) is 0 Å². The first-order chi connectivity index (χ1) is 7.74. The molecule has 1 heterocycles. The zero-order valence-corrected chi connectivity index (χ0v) is 9.96. The third-order valence-electron chi connectivity index (χ3n) is 3.35. The molecule has 3 heteroatoms. The van der Waals surface area contributed by atoms with Gasteiger partial charge in [0.05, 0.1) is 11.2 Å². The number of nitrogens with zero attached hydrogens (tertiary/aromatic N) is 2. The van der Waals surface area contributed by atoms with Crippen molar-refractivity contribution in [3.8, 4) is 0 Å². The summed E-state index contributed by atoms with van der Waals surface area (Å²) in [7, 11) is 0. The number of hydrogen-bond acceptors (Lipinski definition) is 2. The standard InChI is InChI=1S/C13H13ClN2/c1-8-5-6-11-10(7-8)12(9-3-2-4-9)16-13(14)15-11/h5-7,9H,2-4H2,1H3. The van der Waals surface area contributed by atoms with Crippen LogP contribution in [-0.2, 0) is 0 Å². The molecule has 1 aromatic heterocycles. The van der Waals surface area contributed by atoms with Gasteiger partial charge in [0, 0.05) is 11.3 Å². The second-order valence-electron chi connectivity index (χ2n) is 4.53. The van der Waals surface area contributed by atoms with Gasteiger partial charge in [-0.05, 0) is 43.5 Å². The van der Waals surface area contributed by atoms with Gasteiger partial charge in [0.25, 0.3) is 0 Å². The minimum absolute atomic E-state index is 0.373. The van der Waals surface area contributed by atoms with E-state index < -0.39 is 0 Å². The zero-order chi connectivity index (χ0) is 11.1. The molecule has 0 aliphatic heterocycles. The van der Waals surface area contributed by atoms with Crippen molar-refractivity contribution >= 4 is 22.5 Å². The van der Waals surface area contributed by atoms with Crippen LogP contribution in [0, 0.1) is 6.92 Å². The van der Waals surface area contributed by atoms with Gasteiger partial charge >= 0.3 is 0 Å². The first kappa shape index (κ1) is 10.0. The number of halogens is 1. The van der Waals surface area contributed by atoms with Gasteiger partial charge in [-0.1, -0.05) is 18.1 Å². The van der Waals surface area contributed by atoms with Crippen LogP contribution in [0.3, 0.4) is 0 Å². The maximum atomic E-state index is 5.97. The summed E-state index contributed by atoms with van der Waals surface area (Å²) in [4.78, 5) is 8.69. The summed E-state index contributed by atoms with van der Waals surface area (Å²) in [5.74, 6) is 0.588. The Hall–Kier alpha value is -1.15. The van der Waals surface area contributed by atoms with Gasteiger partial charge in [-0.25, -0.2) is 9.97 Å². The molecule has 2 aromatic rings. The molecule has 0 atom stereocenters. The van der Waals surface area contributed by atoms with Crippen LogP contribution >= 0.6 is 11.6 Å². The lowest BCUT2D eigenvalue weighted by atomic mass is 9.81. The topological polar surface area (TPSA) is 25.8 Å². The summed E-state index contributed by atoms with van der Waals surface area (Å²) in [6, 6.07) is 6.26. The fraction of sp³-hybridized carbons (Fsp3) is 0.385. The van der Waals surface area contributed by atoms with Crippen molar-refractivity contribution in [3.05, 3.63) is 34.7 Å². The Morgan fingerprint density at radius 3 is 2.75 bits per heavy atom.